The minimum Gasteiger partial charge on any atom is -0.395 e. The van der Waals surface area contributed by atoms with Crippen LogP contribution in [-0.4, -0.2) is 46.7 Å². The molecule has 0 aromatic heterocycles. The summed E-state index contributed by atoms with van der Waals surface area (Å²) in [6.07, 6.45) is 0. The Kier molecular flexibility index (Phi) is 4.60. The lowest BCUT2D eigenvalue weighted by molar-refractivity contribution is 0.0673. The van der Waals surface area contributed by atoms with Crippen LogP contribution < -0.4 is 5.32 Å². The van der Waals surface area contributed by atoms with E-state index in [9.17, 15) is 5.11 Å². The molecular formula is C7H17NO3. The Bertz CT molecular complexity index is 96.3. The highest BCUT2D eigenvalue weighted by Gasteiger charge is 2.14. The second-order valence-electron chi connectivity index (χ2n) is 3.26. The van der Waals surface area contributed by atoms with E-state index in [0.717, 1.165) is 0 Å². The monoisotopic (exact) mass is 163 g/mol. The Morgan fingerprint density at radius 3 is 2.00 bits per heavy atom. The first-order valence-corrected chi connectivity index (χ1v) is 3.67. The van der Waals surface area contributed by atoms with Crippen molar-refractivity contribution >= 4 is 0 Å². The van der Waals surface area contributed by atoms with Gasteiger partial charge in [0.1, 0.15) is 0 Å². The van der Waals surface area contributed by atoms with E-state index < -0.39 is 5.60 Å². The highest BCUT2D eigenvalue weighted by Crippen LogP contribution is 1.97. The fourth-order valence-electron chi connectivity index (χ4n) is 0.581. The van der Waals surface area contributed by atoms with E-state index in [-0.39, 0.29) is 19.3 Å². The van der Waals surface area contributed by atoms with Crippen molar-refractivity contribution in [1.29, 1.82) is 0 Å². The Labute approximate surface area is 66.9 Å². The molecular weight excluding hydrogens is 146 g/mol. The molecule has 0 unspecified atom stereocenters. The summed E-state index contributed by atoms with van der Waals surface area (Å²) in [6.45, 7) is 3.44. The third kappa shape index (κ3) is 6.25. The van der Waals surface area contributed by atoms with Crippen LogP contribution in [0, 0.1) is 0 Å². The van der Waals surface area contributed by atoms with Crippen molar-refractivity contribution in [2.45, 2.75) is 25.5 Å². The summed E-state index contributed by atoms with van der Waals surface area (Å²) >= 11 is 0. The summed E-state index contributed by atoms with van der Waals surface area (Å²) in [4.78, 5) is 0. The Morgan fingerprint density at radius 2 is 1.73 bits per heavy atom. The SMILES string of the molecule is CC(C)(O)CNC(CO)CO. The minimum absolute atomic E-state index is 0.118. The molecule has 0 heterocycles. The average Bonchev–Trinajstić information content (AvgIpc) is 1.88. The lowest BCUT2D eigenvalue weighted by Crippen LogP contribution is -2.44. The molecule has 0 aliphatic carbocycles. The molecule has 4 nitrogen and oxygen atoms in total. The van der Waals surface area contributed by atoms with Gasteiger partial charge in [0.2, 0.25) is 0 Å². The summed E-state index contributed by atoms with van der Waals surface area (Å²) in [5.74, 6) is 0. The van der Waals surface area contributed by atoms with Gasteiger partial charge in [0.05, 0.1) is 24.9 Å². The number of rotatable bonds is 5. The molecule has 0 fully saturated rings. The topological polar surface area (TPSA) is 72.7 Å². The Balaban J connectivity index is 3.51. The largest absolute Gasteiger partial charge is 0.395 e. The van der Waals surface area contributed by atoms with Gasteiger partial charge in [-0.05, 0) is 13.8 Å². The summed E-state index contributed by atoms with van der Waals surface area (Å²) in [7, 11) is 0. The normalized spacial score (nSPS) is 12.5. The molecule has 0 bridgehead atoms. The van der Waals surface area contributed by atoms with Crippen LogP contribution in [0.5, 0.6) is 0 Å². The molecule has 0 aromatic carbocycles. The fourth-order valence-corrected chi connectivity index (χ4v) is 0.581. The average molecular weight is 163 g/mol. The summed E-state index contributed by atoms with van der Waals surface area (Å²) in [5, 5.41) is 29.3. The molecule has 0 saturated carbocycles. The number of nitrogens with one attached hydrogen (secondary N) is 1. The van der Waals surface area contributed by atoms with Crippen LogP contribution in [0.15, 0.2) is 0 Å². The molecule has 0 amide bonds. The van der Waals surface area contributed by atoms with Crippen molar-refractivity contribution in [2.24, 2.45) is 0 Å². The van der Waals surface area contributed by atoms with Crippen LogP contribution in [0.25, 0.3) is 0 Å². The van der Waals surface area contributed by atoms with E-state index in [2.05, 4.69) is 5.32 Å². The zero-order valence-corrected chi connectivity index (χ0v) is 7.04. The molecule has 0 radical (unpaired) electrons. The van der Waals surface area contributed by atoms with E-state index in [4.69, 9.17) is 10.2 Å². The van der Waals surface area contributed by atoms with Crippen LogP contribution in [0.3, 0.4) is 0 Å². The highest BCUT2D eigenvalue weighted by atomic mass is 16.3. The lowest BCUT2D eigenvalue weighted by atomic mass is 10.1. The van der Waals surface area contributed by atoms with E-state index in [1.165, 1.54) is 0 Å². The minimum atomic E-state index is -0.803. The molecule has 4 N–H and O–H groups in total. The molecule has 0 saturated heterocycles. The van der Waals surface area contributed by atoms with E-state index in [1.807, 2.05) is 0 Å². The van der Waals surface area contributed by atoms with Gasteiger partial charge in [-0.15, -0.1) is 0 Å². The molecule has 0 rings (SSSR count). The van der Waals surface area contributed by atoms with Gasteiger partial charge in [-0.3, -0.25) is 0 Å². The molecule has 68 valence electrons. The highest BCUT2D eigenvalue weighted by molar-refractivity contribution is 4.72. The molecule has 0 aliphatic heterocycles. The zero-order valence-electron chi connectivity index (χ0n) is 7.04. The van der Waals surface area contributed by atoms with Gasteiger partial charge >= 0.3 is 0 Å². The van der Waals surface area contributed by atoms with Crippen molar-refractivity contribution < 1.29 is 15.3 Å². The van der Waals surface area contributed by atoms with Crippen molar-refractivity contribution in [1.82, 2.24) is 5.32 Å². The smallest absolute Gasteiger partial charge is 0.0715 e. The van der Waals surface area contributed by atoms with Gasteiger partial charge in [0.25, 0.3) is 0 Å². The van der Waals surface area contributed by atoms with Crippen LogP contribution in [0.2, 0.25) is 0 Å². The van der Waals surface area contributed by atoms with Gasteiger partial charge < -0.3 is 20.6 Å². The Hall–Kier alpha value is -0.160. The first-order valence-electron chi connectivity index (χ1n) is 3.67. The molecule has 0 spiro atoms. The van der Waals surface area contributed by atoms with Crippen LogP contribution in [0.4, 0.5) is 0 Å². The fraction of sp³-hybridized carbons (Fsp3) is 1.00. The number of hydrogen-bond donors (Lipinski definition) is 4. The quantitative estimate of drug-likeness (QED) is 0.406. The maximum atomic E-state index is 9.23. The summed E-state index contributed by atoms with van der Waals surface area (Å²) in [5.41, 5.74) is -0.803. The van der Waals surface area contributed by atoms with Gasteiger partial charge in [0.15, 0.2) is 0 Å². The van der Waals surface area contributed by atoms with Crippen LogP contribution in [0.1, 0.15) is 13.8 Å². The second kappa shape index (κ2) is 4.66. The maximum Gasteiger partial charge on any atom is 0.0715 e. The van der Waals surface area contributed by atoms with Crippen molar-refractivity contribution in [3.05, 3.63) is 0 Å². The third-order valence-corrected chi connectivity index (χ3v) is 1.26. The molecule has 4 heteroatoms. The Morgan fingerprint density at radius 1 is 1.27 bits per heavy atom. The second-order valence-corrected chi connectivity index (χ2v) is 3.26. The molecule has 0 aliphatic rings. The van der Waals surface area contributed by atoms with Gasteiger partial charge in [-0.2, -0.15) is 0 Å². The first-order chi connectivity index (χ1) is 4.99. The number of aliphatic hydroxyl groups is 3. The van der Waals surface area contributed by atoms with Crippen molar-refractivity contribution in [2.75, 3.05) is 19.8 Å². The number of hydrogen-bond acceptors (Lipinski definition) is 4. The predicted octanol–water partition coefficient (Wildman–Crippen LogP) is -1.30. The third-order valence-electron chi connectivity index (χ3n) is 1.26. The summed E-state index contributed by atoms with van der Waals surface area (Å²) in [6, 6.07) is -0.332. The zero-order chi connectivity index (χ0) is 8.91. The maximum absolute atomic E-state index is 9.23. The van der Waals surface area contributed by atoms with Crippen LogP contribution in [-0.2, 0) is 0 Å². The van der Waals surface area contributed by atoms with E-state index >= 15 is 0 Å². The van der Waals surface area contributed by atoms with Gasteiger partial charge in [0, 0.05) is 6.54 Å². The first kappa shape index (κ1) is 10.8. The van der Waals surface area contributed by atoms with E-state index in [0.29, 0.717) is 6.54 Å². The number of aliphatic hydroxyl groups excluding tert-OH is 2. The molecule has 11 heavy (non-hydrogen) atoms. The predicted molar refractivity (Wildman–Crippen MR) is 42.3 cm³/mol. The lowest BCUT2D eigenvalue weighted by Gasteiger charge is -2.21. The standard InChI is InChI=1S/C7H17NO3/c1-7(2,11)5-8-6(3-9)4-10/h6,8-11H,3-5H2,1-2H3. The van der Waals surface area contributed by atoms with Gasteiger partial charge in [-0.25, -0.2) is 0 Å². The molecule has 0 aromatic rings. The van der Waals surface area contributed by atoms with Crippen LogP contribution >= 0.6 is 0 Å². The van der Waals surface area contributed by atoms with Crippen molar-refractivity contribution in [3.8, 4) is 0 Å². The van der Waals surface area contributed by atoms with Gasteiger partial charge in [-0.1, -0.05) is 0 Å². The molecule has 0 atom stereocenters. The van der Waals surface area contributed by atoms with E-state index in [1.54, 1.807) is 13.8 Å². The summed E-state index contributed by atoms with van der Waals surface area (Å²) < 4.78 is 0. The van der Waals surface area contributed by atoms with Crippen molar-refractivity contribution in [3.63, 3.8) is 0 Å².